The zero-order valence-corrected chi connectivity index (χ0v) is 14.7. The Kier molecular flexibility index (Phi) is 7.26. The first-order valence-corrected chi connectivity index (χ1v) is 9.13. The van der Waals surface area contributed by atoms with Gasteiger partial charge in [0.1, 0.15) is 6.00 Å². The summed E-state index contributed by atoms with van der Waals surface area (Å²) in [5.74, 6) is -0.00217. The number of nitrogens with zero attached hydrogens (tertiary/aromatic N) is 1. The van der Waals surface area contributed by atoms with Crippen LogP contribution in [0.3, 0.4) is 0 Å². The zero-order valence-electron chi connectivity index (χ0n) is 11.5. The fourth-order valence-corrected chi connectivity index (χ4v) is 3.39. The number of alkyl halides is 2. The molecule has 0 aromatic heterocycles. The third-order valence-electron chi connectivity index (χ3n) is 3.08. The molecule has 0 saturated heterocycles. The summed E-state index contributed by atoms with van der Waals surface area (Å²) in [7, 11) is 0. The molecule has 0 radical (unpaired) electrons. The smallest absolute Gasteiger partial charge is 0.238 e. The molecule has 0 saturated carbocycles. The van der Waals surface area contributed by atoms with Crippen molar-refractivity contribution >= 4 is 50.9 Å². The summed E-state index contributed by atoms with van der Waals surface area (Å²) in [5, 5.41) is 0.287. The molecular weight excluding hydrogens is 346 g/mol. The number of rotatable bonds is 6. The number of carbonyl (C=O) groups is 1. The summed E-state index contributed by atoms with van der Waals surface area (Å²) < 4.78 is 0. The number of anilines is 1. The molecule has 0 bridgehead atoms. The van der Waals surface area contributed by atoms with Gasteiger partial charge in [-0.25, -0.2) is 0 Å². The zero-order chi connectivity index (χ0) is 14.4. The first-order chi connectivity index (χ1) is 9.14. The molecule has 0 spiro atoms. The van der Waals surface area contributed by atoms with E-state index in [2.05, 4.69) is 48.2 Å². The van der Waals surface area contributed by atoms with Crippen molar-refractivity contribution in [1.29, 1.82) is 0 Å². The molecule has 2 nitrogen and oxygen atoms in total. The Morgan fingerprint density at radius 3 is 2.47 bits per heavy atom. The van der Waals surface area contributed by atoms with Crippen LogP contribution in [-0.2, 0) is 17.6 Å². The van der Waals surface area contributed by atoms with Crippen LogP contribution in [0.25, 0.3) is 0 Å². The molecular formula is C14H19BrClNOS. The van der Waals surface area contributed by atoms with Gasteiger partial charge in [0.2, 0.25) is 5.91 Å². The van der Waals surface area contributed by atoms with Gasteiger partial charge in [0.05, 0.1) is 11.0 Å². The second kappa shape index (κ2) is 8.18. The number of carbonyl (C=O) groups excluding carboxylic acids is 1. The van der Waals surface area contributed by atoms with E-state index >= 15 is 0 Å². The number of hydrogen-bond acceptors (Lipinski definition) is 2. The van der Waals surface area contributed by atoms with Gasteiger partial charge in [0.25, 0.3) is 0 Å². The lowest BCUT2D eigenvalue weighted by Gasteiger charge is -2.26. The molecule has 1 rings (SSSR count). The minimum Gasteiger partial charge on any atom is -0.297 e. The highest BCUT2D eigenvalue weighted by molar-refractivity contribution is 9.09. The monoisotopic (exact) mass is 363 g/mol. The van der Waals surface area contributed by atoms with Crippen LogP contribution in [0.15, 0.2) is 17.0 Å². The molecule has 0 aliphatic rings. The predicted molar refractivity (Wildman–Crippen MR) is 89.0 cm³/mol. The lowest BCUT2D eigenvalue weighted by atomic mass is 10.0. The quantitative estimate of drug-likeness (QED) is 0.422. The van der Waals surface area contributed by atoms with Crippen molar-refractivity contribution in [2.75, 3.05) is 22.5 Å². The normalized spacial score (nSPS) is 10.6. The van der Waals surface area contributed by atoms with Gasteiger partial charge < -0.3 is 0 Å². The summed E-state index contributed by atoms with van der Waals surface area (Å²) >= 11 is 10.9. The Morgan fingerprint density at radius 2 is 2.05 bits per heavy atom. The second-order valence-corrected chi connectivity index (χ2v) is 5.68. The summed E-state index contributed by atoms with van der Waals surface area (Å²) in [6.45, 7) is 4.21. The van der Waals surface area contributed by atoms with Crippen molar-refractivity contribution in [1.82, 2.24) is 0 Å². The van der Waals surface area contributed by atoms with Crippen LogP contribution in [0.4, 0.5) is 5.69 Å². The number of hydrogen-bond donors (Lipinski definition) is 0. The van der Waals surface area contributed by atoms with Crippen molar-refractivity contribution in [3.8, 4) is 0 Å². The standard InChI is InChI=1S/C14H19BrClNOS/c1-4-10-6-7-12(19-3)11(5-2)14(10)17(9-16)13(18)8-15/h6-7H,4-5,8-9H2,1-3H3. The van der Waals surface area contributed by atoms with E-state index < -0.39 is 0 Å². The van der Waals surface area contributed by atoms with Crippen LogP contribution < -0.4 is 4.90 Å². The van der Waals surface area contributed by atoms with Crippen molar-refractivity contribution in [3.63, 3.8) is 0 Å². The SMILES string of the molecule is CCc1ccc(SC)c(CC)c1N(CCl)C(=O)CBr. The van der Waals surface area contributed by atoms with E-state index in [0.29, 0.717) is 0 Å². The van der Waals surface area contributed by atoms with E-state index in [4.69, 9.17) is 11.6 Å². The molecule has 0 N–H and O–H groups in total. The van der Waals surface area contributed by atoms with E-state index in [9.17, 15) is 4.79 Å². The van der Waals surface area contributed by atoms with Crippen molar-refractivity contribution in [3.05, 3.63) is 23.3 Å². The van der Waals surface area contributed by atoms with Gasteiger partial charge in [0.15, 0.2) is 0 Å². The van der Waals surface area contributed by atoms with Gasteiger partial charge in [-0.3, -0.25) is 9.69 Å². The van der Waals surface area contributed by atoms with Crippen LogP contribution >= 0.6 is 39.3 Å². The average Bonchev–Trinajstić information content (AvgIpc) is 2.46. The fourth-order valence-electron chi connectivity index (χ4n) is 2.14. The van der Waals surface area contributed by atoms with Crippen molar-refractivity contribution < 1.29 is 4.79 Å². The largest absolute Gasteiger partial charge is 0.297 e. The number of amides is 1. The Morgan fingerprint density at radius 1 is 1.37 bits per heavy atom. The van der Waals surface area contributed by atoms with Gasteiger partial charge in [-0.15, -0.1) is 23.4 Å². The van der Waals surface area contributed by atoms with Gasteiger partial charge in [-0.1, -0.05) is 35.8 Å². The maximum atomic E-state index is 12.1. The molecule has 5 heteroatoms. The minimum atomic E-state index is -0.00217. The van der Waals surface area contributed by atoms with Gasteiger partial charge >= 0.3 is 0 Å². The van der Waals surface area contributed by atoms with E-state index in [-0.39, 0.29) is 17.2 Å². The molecule has 106 valence electrons. The molecule has 1 amide bonds. The summed E-state index contributed by atoms with van der Waals surface area (Å²) in [6.07, 6.45) is 3.84. The van der Waals surface area contributed by atoms with Gasteiger partial charge in [-0.05, 0) is 36.3 Å². The predicted octanol–water partition coefficient (Wildman–Crippen LogP) is 4.46. The van der Waals surface area contributed by atoms with Gasteiger partial charge in [0, 0.05) is 4.90 Å². The summed E-state index contributed by atoms with van der Waals surface area (Å²) in [6, 6.07) is 4.42. The highest BCUT2D eigenvalue weighted by atomic mass is 79.9. The maximum absolute atomic E-state index is 12.1. The molecule has 0 aliphatic heterocycles. The third kappa shape index (κ3) is 3.67. The van der Waals surface area contributed by atoms with Gasteiger partial charge in [-0.2, -0.15) is 0 Å². The highest BCUT2D eigenvalue weighted by Crippen LogP contribution is 2.34. The van der Waals surface area contributed by atoms with E-state index in [1.165, 1.54) is 16.0 Å². The van der Waals surface area contributed by atoms with Crippen molar-refractivity contribution in [2.24, 2.45) is 0 Å². The first-order valence-electron chi connectivity index (χ1n) is 6.25. The lowest BCUT2D eigenvalue weighted by molar-refractivity contribution is -0.115. The van der Waals surface area contributed by atoms with E-state index in [1.54, 1.807) is 16.7 Å². The van der Waals surface area contributed by atoms with Crippen LogP contribution in [0.5, 0.6) is 0 Å². The van der Waals surface area contributed by atoms with Crippen molar-refractivity contribution in [2.45, 2.75) is 31.6 Å². The summed E-state index contributed by atoms with van der Waals surface area (Å²) in [4.78, 5) is 15.0. The van der Waals surface area contributed by atoms with Crippen LogP contribution in [0, 0.1) is 0 Å². The fraction of sp³-hybridized carbons (Fsp3) is 0.500. The average molecular weight is 365 g/mol. The van der Waals surface area contributed by atoms with E-state index in [0.717, 1.165) is 18.5 Å². The van der Waals surface area contributed by atoms with Crippen LogP contribution in [0.2, 0.25) is 0 Å². The Bertz CT molecular complexity index is 453. The lowest BCUT2D eigenvalue weighted by Crippen LogP contribution is -2.32. The Hall–Kier alpha value is -0.190. The minimum absolute atomic E-state index is 0.00217. The molecule has 1 aromatic carbocycles. The maximum Gasteiger partial charge on any atom is 0.238 e. The molecule has 19 heavy (non-hydrogen) atoms. The third-order valence-corrected chi connectivity index (χ3v) is 4.62. The first kappa shape index (κ1) is 16.9. The number of benzene rings is 1. The molecule has 0 atom stereocenters. The Labute approximate surface area is 133 Å². The highest BCUT2D eigenvalue weighted by Gasteiger charge is 2.21. The molecule has 0 fully saturated rings. The topological polar surface area (TPSA) is 20.3 Å². The number of aryl methyl sites for hydroxylation is 1. The molecule has 0 unspecified atom stereocenters. The molecule has 1 aromatic rings. The van der Waals surface area contributed by atoms with Crippen LogP contribution in [0.1, 0.15) is 25.0 Å². The van der Waals surface area contributed by atoms with Crippen LogP contribution in [-0.4, -0.2) is 23.5 Å². The molecule has 0 aliphatic carbocycles. The molecule has 0 heterocycles. The van der Waals surface area contributed by atoms with E-state index in [1.807, 2.05) is 0 Å². The number of thioether (sulfide) groups is 1. The number of halogens is 2. The Balaban J connectivity index is 3.47. The second-order valence-electron chi connectivity index (χ2n) is 4.04. The summed E-state index contributed by atoms with van der Waals surface area (Å²) in [5.41, 5.74) is 3.38.